The number of aliphatic carboxylic acids is 1. The van der Waals surface area contributed by atoms with E-state index >= 15 is 0 Å². The molecular weight excluding hydrogens is 480 g/mol. The summed E-state index contributed by atoms with van der Waals surface area (Å²) in [5.41, 5.74) is 4.77. The van der Waals surface area contributed by atoms with E-state index in [1.165, 1.54) is 42.6 Å². The van der Waals surface area contributed by atoms with Gasteiger partial charge in [-0.25, -0.2) is 4.68 Å². The van der Waals surface area contributed by atoms with Gasteiger partial charge in [-0.1, -0.05) is 26.2 Å². The Morgan fingerprint density at radius 3 is 2.39 bits per heavy atom. The molecule has 0 saturated heterocycles. The average molecular weight is 519 g/mol. The first-order chi connectivity index (χ1) is 18.4. The standard InChI is InChI=1S/C30H38N4O4/c1-4-27-26(20-34(32-27)24-14-16-25(38-3)17-15-24)29(21-8-6-5-7-9-21)31-23-12-10-22(11-13-23)30(37)33(2)19-18-28(35)36/h10-17,20-21,29,31H,4-9,18-19H2,1-3H3,(H,35,36). The van der Waals surface area contributed by atoms with Crippen molar-refractivity contribution in [2.24, 2.45) is 5.92 Å². The molecule has 0 radical (unpaired) electrons. The second kappa shape index (κ2) is 12.6. The van der Waals surface area contributed by atoms with Crippen molar-refractivity contribution in [1.29, 1.82) is 0 Å². The third-order valence-electron chi connectivity index (χ3n) is 7.41. The Bertz CT molecular complexity index is 1210. The maximum atomic E-state index is 12.7. The Labute approximate surface area is 224 Å². The number of hydrogen-bond donors (Lipinski definition) is 2. The van der Waals surface area contributed by atoms with Gasteiger partial charge in [0.2, 0.25) is 0 Å². The van der Waals surface area contributed by atoms with Crippen LogP contribution < -0.4 is 10.1 Å². The molecule has 0 bridgehead atoms. The summed E-state index contributed by atoms with van der Waals surface area (Å²) in [5.74, 6) is 0.204. The molecule has 1 heterocycles. The highest BCUT2D eigenvalue weighted by atomic mass is 16.5. The quantitative estimate of drug-likeness (QED) is 0.337. The zero-order valence-electron chi connectivity index (χ0n) is 22.5. The minimum absolute atomic E-state index is 0.0745. The van der Waals surface area contributed by atoms with Crippen molar-refractivity contribution in [3.05, 3.63) is 71.5 Å². The topological polar surface area (TPSA) is 96.7 Å². The van der Waals surface area contributed by atoms with Crippen LogP contribution in [0.4, 0.5) is 5.69 Å². The zero-order valence-corrected chi connectivity index (χ0v) is 22.5. The Hall–Kier alpha value is -3.81. The predicted molar refractivity (Wildman–Crippen MR) is 148 cm³/mol. The van der Waals surface area contributed by atoms with Crippen LogP contribution >= 0.6 is 0 Å². The van der Waals surface area contributed by atoms with Crippen molar-refractivity contribution in [2.75, 3.05) is 26.0 Å². The Morgan fingerprint density at radius 2 is 1.79 bits per heavy atom. The molecule has 0 spiro atoms. The number of nitrogens with one attached hydrogen (secondary N) is 1. The largest absolute Gasteiger partial charge is 0.497 e. The first-order valence-electron chi connectivity index (χ1n) is 13.5. The molecule has 0 aliphatic heterocycles. The molecule has 2 N–H and O–H groups in total. The maximum absolute atomic E-state index is 12.7. The fraction of sp³-hybridized carbons (Fsp3) is 0.433. The smallest absolute Gasteiger partial charge is 0.305 e. The Kier molecular flexibility index (Phi) is 9.05. The molecule has 3 aromatic rings. The normalized spacial score (nSPS) is 14.6. The lowest BCUT2D eigenvalue weighted by Gasteiger charge is -2.32. The van der Waals surface area contributed by atoms with Gasteiger partial charge < -0.3 is 20.1 Å². The molecule has 1 aliphatic rings. The number of methoxy groups -OCH3 is 1. The Morgan fingerprint density at radius 1 is 1.11 bits per heavy atom. The van der Waals surface area contributed by atoms with Crippen LogP contribution in [0.3, 0.4) is 0 Å². The van der Waals surface area contributed by atoms with Crippen LogP contribution in [-0.2, 0) is 11.2 Å². The molecule has 1 aromatic heterocycles. The number of carboxylic acid groups (broad SMARTS) is 1. The van der Waals surface area contributed by atoms with Gasteiger partial charge in [0.05, 0.1) is 31.0 Å². The molecule has 8 heteroatoms. The number of rotatable bonds is 11. The van der Waals surface area contributed by atoms with E-state index in [4.69, 9.17) is 14.9 Å². The number of carbonyl (C=O) groups excluding carboxylic acids is 1. The SMILES string of the molecule is CCc1nn(-c2ccc(OC)cc2)cc1C(Nc1ccc(C(=O)N(C)CCC(=O)O)cc1)C1CCCCC1. The number of amides is 1. The van der Waals surface area contributed by atoms with E-state index in [1.54, 1.807) is 26.3 Å². The number of anilines is 1. The molecule has 1 atom stereocenters. The number of ether oxygens (including phenoxy) is 1. The fourth-order valence-electron chi connectivity index (χ4n) is 5.22. The van der Waals surface area contributed by atoms with Gasteiger partial charge in [-0.2, -0.15) is 5.10 Å². The maximum Gasteiger partial charge on any atom is 0.305 e. The van der Waals surface area contributed by atoms with Gasteiger partial charge >= 0.3 is 5.97 Å². The van der Waals surface area contributed by atoms with Crippen LogP contribution in [-0.4, -0.2) is 52.4 Å². The van der Waals surface area contributed by atoms with Gasteiger partial charge in [-0.05, 0) is 73.7 Å². The molecule has 38 heavy (non-hydrogen) atoms. The minimum atomic E-state index is -0.917. The molecule has 1 fully saturated rings. The highest BCUT2D eigenvalue weighted by Crippen LogP contribution is 2.38. The summed E-state index contributed by atoms with van der Waals surface area (Å²) < 4.78 is 7.27. The molecule has 1 aliphatic carbocycles. The molecule has 8 nitrogen and oxygen atoms in total. The number of hydrogen-bond acceptors (Lipinski definition) is 5. The van der Waals surface area contributed by atoms with Gasteiger partial charge in [0.15, 0.2) is 0 Å². The number of benzene rings is 2. The second-order valence-corrected chi connectivity index (χ2v) is 10.00. The van der Waals surface area contributed by atoms with E-state index in [-0.39, 0.29) is 24.9 Å². The monoisotopic (exact) mass is 518 g/mol. The lowest BCUT2D eigenvalue weighted by Crippen LogP contribution is -2.29. The summed E-state index contributed by atoms with van der Waals surface area (Å²) in [7, 11) is 3.29. The van der Waals surface area contributed by atoms with E-state index in [1.807, 2.05) is 41.1 Å². The molecule has 1 unspecified atom stereocenters. The van der Waals surface area contributed by atoms with Crippen LogP contribution in [0, 0.1) is 5.92 Å². The summed E-state index contributed by atoms with van der Waals surface area (Å²) in [6, 6.07) is 15.5. The minimum Gasteiger partial charge on any atom is -0.497 e. The van der Waals surface area contributed by atoms with E-state index < -0.39 is 5.97 Å². The van der Waals surface area contributed by atoms with Crippen molar-refractivity contribution in [1.82, 2.24) is 14.7 Å². The summed E-state index contributed by atoms with van der Waals surface area (Å²) >= 11 is 0. The fourth-order valence-corrected chi connectivity index (χ4v) is 5.22. The van der Waals surface area contributed by atoms with Gasteiger partial charge in [-0.15, -0.1) is 0 Å². The van der Waals surface area contributed by atoms with Crippen LogP contribution in [0.15, 0.2) is 54.7 Å². The summed E-state index contributed by atoms with van der Waals surface area (Å²) in [6.07, 6.45) is 8.98. The molecule has 1 saturated carbocycles. The number of aryl methyl sites for hydroxylation is 1. The average Bonchev–Trinajstić information content (AvgIpc) is 3.39. The van der Waals surface area contributed by atoms with E-state index in [2.05, 4.69) is 18.4 Å². The zero-order chi connectivity index (χ0) is 27.1. The number of nitrogens with zero attached hydrogens (tertiary/aromatic N) is 3. The van der Waals surface area contributed by atoms with Crippen molar-refractivity contribution in [2.45, 2.75) is 57.9 Å². The lowest BCUT2D eigenvalue weighted by atomic mass is 9.81. The predicted octanol–water partition coefficient (Wildman–Crippen LogP) is 5.72. The Balaban J connectivity index is 1.58. The van der Waals surface area contributed by atoms with Crippen molar-refractivity contribution in [3.8, 4) is 11.4 Å². The van der Waals surface area contributed by atoms with Crippen LogP contribution in [0.25, 0.3) is 5.69 Å². The number of carbonyl (C=O) groups is 2. The van der Waals surface area contributed by atoms with Crippen molar-refractivity contribution >= 4 is 17.6 Å². The van der Waals surface area contributed by atoms with Crippen LogP contribution in [0.2, 0.25) is 0 Å². The highest BCUT2D eigenvalue weighted by Gasteiger charge is 2.29. The second-order valence-electron chi connectivity index (χ2n) is 10.00. The summed E-state index contributed by atoms with van der Waals surface area (Å²) in [5, 5.41) is 17.6. The number of aromatic nitrogens is 2. The van der Waals surface area contributed by atoms with E-state index in [0.29, 0.717) is 11.5 Å². The lowest BCUT2D eigenvalue weighted by molar-refractivity contribution is -0.137. The molecule has 2 aromatic carbocycles. The molecular formula is C30H38N4O4. The van der Waals surface area contributed by atoms with Gasteiger partial charge in [0, 0.05) is 36.6 Å². The molecule has 202 valence electrons. The molecule has 4 rings (SSSR count). The van der Waals surface area contributed by atoms with Gasteiger partial charge in [0.25, 0.3) is 5.91 Å². The number of carboxylic acids is 1. The van der Waals surface area contributed by atoms with Gasteiger partial charge in [-0.3, -0.25) is 9.59 Å². The first kappa shape index (κ1) is 27.2. The van der Waals surface area contributed by atoms with Crippen LogP contribution in [0.5, 0.6) is 5.75 Å². The summed E-state index contributed by atoms with van der Waals surface area (Å²) in [4.78, 5) is 25.0. The van der Waals surface area contributed by atoms with Crippen LogP contribution in [0.1, 0.15) is 73.1 Å². The molecule has 1 amide bonds. The van der Waals surface area contributed by atoms with Crippen molar-refractivity contribution < 1.29 is 19.4 Å². The van der Waals surface area contributed by atoms with E-state index in [0.717, 1.165) is 29.2 Å². The summed E-state index contributed by atoms with van der Waals surface area (Å²) in [6.45, 7) is 2.32. The third kappa shape index (κ3) is 6.54. The highest BCUT2D eigenvalue weighted by molar-refractivity contribution is 5.94. The van der Waals surface area contributed by atoms with Crippen molar-refractivity contribution in [3.63, 3.8) is 0 Å². The van der Waals surface area contributed by atoms with E-state index in [9.17, 15) is 9.59 Å². The first-order valence-corrected chi connectivity index (χ1v) is 13.5. The third-order valence-corrected chi connectivity index (χ3v) is 7.41. The van der Waals surface area contributed by atoms with Gasteiger partial charge in [0.1, 0.15) is 5.75 Å².